The molecule has 3 amide bonds. The largest absolute Gasteiger partial charge is 0.355 e. The molecule has 1 aliphatic rings. The van der Waals surface area contributed by atoms with Crippen molar-refractivity contribution in [2.75, 3.05) is 5.32 Å². The molecule has 160 valence electrons. The van der Waals surface area contributed by atoms with Crippen LogP contribution in [-0.4, -0.2) is 21.5 Å². The quantitative estimate of drug-likeness (QED) is 0.540. The molecule has 1 atom stereocenters. The number of nitrogens with zero attached hydrogens (tertiary/aromatic N) is 2. The molecule has 1 saturated heterocycles. The number of rotatable bonds is 5. The van der Waals surface area contributed by atoms with Crippen LogP contribution in [0.4, 0.5) is 25.0 Å². The first kappa shape index (κ1) is 20.5. The van der Waals surface area contributed by atoms with Crippen LogP contribution in [0.15, 0.2) is 55.0 Å². The van der Waals surface area contributed by atoms with E-state index in [1.54, 1.807) is 48.1 Å². The van der Waals surface area contributed by atoms with E-state index in [0.717, 1.165) is 6.92 Å². The zero-order valence-electron chi connectivity index (χ0n) is 17.2. The van der Waals surface area contributed by atoms with E-state index in [-0.39, 0.29) is 5.56 Å². The summed E-state index contributed by atoms with van der Waals surface area (Å²) in [6.45, 7) is 2.48. The number of carbonyl (C=O) groups is 2. The van der Waals surface area contributed by atoms with E-state index in [0.29, 0.717) is 28.2 Å². The zero-order valence-corrected chi connectivity index (χ0v) is 17.2. The molecule has 0 spiro atoms. The number of amides is 3. The van der Waals surface area contributed by atoms with Gasteiger partial charge in [-0.3, -0.25) is 10.1 Å². The van der Waals surface area contributed by atoms with Crippen LogP contribution in [0.3, 0.4) is 0 Å². The van der Waals surface area contributed by atoms with E-state index < -0.39 is 23.4 Å². The van der Waals surface area contributed by atoms with Gasteiger partial charge in [-0.25, -0.2) is 18.6 Å². The first-order chi connectivity index (χ1) is 14.6. The van der Waals surface area contributed by atoms with Crippen LogP contribution in [0, 0.1) is 0 Å². The molecule has 31 heavy (non-hydrogen) atoms. The van der Waals surface area contributed by atoms with Crippen LogP contribution in [0.5, 0.6) is 0 Å². The Morgan fingerprint density at radius 1 is 1.13 bits per heavy atom. The number of benzene rings is 2. The van der Waals surface area contributed by atoms with Crippen LogP contribution in [0.25, 0.3) is 11.3 Å². The molecule has 1 aromatic heterocycles. The molecule has 3 N–H and O–H groups in total. The number of anilines is 2. The van der Waals surface area contributed by atoms with Crippen LogP contribution in [-0.2, 0) is 23.3 Å². The second kappa shape index (κ2) is 7.19. The summed E-state index contributed by atoms with van der Waals surface area (Å²) in [5.74, 6) is -3.36. The first-order valence-corrected chi connectivity index (χ1v) is 9.58. The van der Waals surface area contributed by atoms with Gasteiger partial charge in [0.1, 0.15) is 5.54 Å². The number of halogens is 2. The van der Waals surface area contributed by atoms with Gasteiger partial charge in [0.15, 0.2) is 0 Å². The maximum Gasteiger partial charge on any atom is 0.322 e. The smallest absolute Gasteiger partial charge is 0.322 e. The Bertz CT molecular complexity index is 1170. The molecule has 2 aromatic carbocycles. The molecule has 7 nitrogen and oxygen atoms in total. The Hall–Kier alpha value is -3.75. The molecule has 0 radical (unpaired) electrons. The number of aromatic nitrogens is 2. The minimum Gasteiger partial charge on any atom is -0.355 e. The third kappa shape index (κ3) is 3.86. The summed E-state index contributed by atoms with van der Waals surface area (Å²) in [6.07, 6.45) is 3.47. The molecule has 9 heteroatoms. The lowest BCUT2D eigenvalue weighted by Gasteiger charge is -2.23. The predicted octanol–water partition coefficient (Wildman–Crippen LogP) is 4.00. The summed E-state index contributed by atoms with van der Waals surface area (Å²) >= 11 is 0. The number of carbonyl (C=O) groups excluding carboxylic acids is 2. The van der Waals surface area contributed by atoms with Crippen LogP contribution in [0.2, 0.25) is 0 Å². The van der Waals surface area contributed by atoms with Crippen molar-refractivity contribution < 1.29 is 18.4 Å². The Labute approximate surface area is 177 Å². The fourth-order valence-corrected chi connectivity index (χ4v) is 3.48. The van der Waals surface area contributed by atoms with Crippen molar-refractivity contribution >= 4 is 23.3 Å². The molecule has 1 aliphatic heterocycles. The molecule has 2 heterocycles. The van der Waals surface area contributed by atoms with Gasteiger partial charge in [0.2, 0.25) is 0 Å². The number of imidazole rings is 1. The molecule has 0 saturated carbocycles. The lowest BCUT2D eigenvalue weighted by molar-refractivity contribution is -0.123. The minimum atomic E-state index is -2.92. The Morgan fingerprint density at radius 2 is 1.84 bits per heavy atom. The Morgan fingerprint density at radius 3 is 2.39 bits per heavy atom. The van der Waals surface area contributed by atoms with E-state index in [1.165, 1.54) is 12.1 Å². The van der Waals surface area contributed by atoms with E-state index in [2.05, 4.69) is 20.9 Å². The average Bonchev–Trinajstić information content (AvgIpc) is 3.24. The fraction of sp³-hybridized carbons (Fsp3) is 0.227. The number of urea groups is 1. The third-order valence-electron chi connectivity index (χ3n) is 5.29. The molecular weight excluding hydrogens is 404 g/mol. The van der Waals surface area contributed by atoms with Crippen molar-refractivity contribution in [3.05, 3.63) is 66.1 Å². The van der Waals surface area contributed by atoms with Crippen molar-refractivity contribution in [3.63, 3.8) is 0 Å². The zero-order chi connectivity index (χ0) is 22.4. The summed E-state index contributed by atoms with van der Waals surface area (Å²) in [5, 5.41) is 8.14. The predicted molar refractivity (Wildman–Crippen MR) is 112 cm³/mol. The monoisotopic (exact) mass is 425 g/mol. The Balaban J connectivity index is 1.74. The van der Waals surface area contributed by atoms with Gasteiger partial charge in [-0.15, -0.1) is 0 Å². The van der Waals surface area contributed by atoms with E-state index in [1.807, 2.05) is 13.2 Å². The standard InChI is InChI=1S/C22H21F2N5O2/c1-21(19(30)27-20(31)28-21)14-6-9-17(16(10-14)18-11-29(3)12-25-18)26-15-7-4-13(5-8-15)22(2,23)24/h4-12,26H,1-3H3,(H2,27,28,30,31)/t21-/m0/s1. The molecule has 4 rings (SSSR count). The van der Waals surface area contributed by atoms with Gasteiger partial charge >= 0.3 is 6.03 Å². The normalized spacial score (nSPS) is 18.6. The van der Waals surface area contributed by atoms with Crippen molar-refractivity contribution in [1.29, 1.82) is 0 Å². The third-order valence-corrected chi connectivity index (χ3v) is 5.29. The first-order valence-electron chi connectivity index (χ1n) is 9.58. The molecule has 0 bridgehead atoms. The number of aryl methyl sites for hydroxylation is 1. The van der Waals surface area contributed by atoms with E-state index in [4.69, 9.17) is 0 Å². The van der Waals surface area contributed by atoms with Gasteiger partial charge < -0.3 is 15.2 Å². The highest BCUT2D eigenvalue weighted by atomic mass is 19.3. The molecule has 3 aromatic rings. The molecular formula is C22H21F2N5O2. The van der Waals surface area contributed by atoms with Crippen LogP contribution in [0.1, 0.15) is 25.0 Å². The Kier molecular flexibility index (Phi) is 4.76. The maximum absolute atomic E-state index is 13.5. The molecule has 0 aliphatic carbocycles. The van der Waals surface area contributed by atoms with Crippen LogP contribution < -0.4 is 16.0 Å². The summed E-state index contributed by atoms with van der Waals surface area (Å²) in [5.41, 5.74) is 1.93. The lowest BCUT2D eigenvalue weighted by atomic mass is 9.90. The SMILES string of the molecule is Cn1cnc(-c2cc([C@]3(C)NC(=O)NC3=O)ccc2Nc2ccc(C(C)(F)F)cc2)c1. The van der Waals surface area contributed by atoms with Crippen molar-refractivity contribution in [2.24, 2.45) is 7.05 Å². The van der Waals surface area contributed by atoms with Gasteiger partial charge in [-0.2, -0.15) is 0 Å². The summed E-state index contributed by atoms with van der Waals surface area (Å²) in [6, 6.07) is 10.6. The van der Waals surface area contributed by atoms with Crippen molar-refractivity contribution in [3.8, 4) is 11.3 Å². The molecule has 1 fully saturated rings. The van der Waals surface area contributed by atoms with Crippen molar-refractivity contribution in [1.82, 2.24) is 20.2 Å². The number of alkyl halides is 2. The number of hydrogen-bond acceptors (Lipinski definition) is 4. The number of nitrogens with one attached hydrogen (secondary N) is 3. The van der Waals surface area contributed by atoms with Crippen molar-refractivity contribution in [2.45, 2.75) is 25.3 Å². The summed E-state index contributed by atoms with van der Waals surface area (Å²) in [4.78, 5) is 28.4. The topological polar surface area (TPSA) is 88.1 Å². The van der Waals surface area contributed by atoms with Crippen LogP contribution >= 0.6 is 0 Å². The lowest BCUT2D eigenvalue weighted by Crippen LogP contribution is -2.40. The number of hydrogen-bond donors (Lipinski definition) is 3. The highest BCUT2D eigenvalue weighted by Crippen LogP contribution is 2.35. The van der Waals surface area contributed by atoms with E-state index >= 15 is 0 Å². The van der Waals surface area contributed by atoms with Gasteiger partial charge in [0.05, 0.1) is 12.0 Å². The second-order valence-corrected chi connectivity index (χ2v) is 7.81. The van der Waals surface area contributed by atoms with Gasteiger partial charge in [-0.05, 0) is 36.8 Å². The second-order valence-electron chi connectivity index (χ2n) is 7.81. The highest BCUT2D eigenvalue weighted by Gasteiger charge is 2.43. The average molecular weight is 425 g/mol. The van der Waals surface area contributed by atoms with Gasteiger partial charge in [-0.1, -0.05) is 18.2 Å². The van der Waals surface area contributed by atoms with Gasteiger partial charge in [0.25, 0.3) is 11.8 Å². The highest BCUT2D eigenvalue weighted by molar-refractivity contribution is 6.07. The van der Waals surface area contributed by atoms with Gasteiger partial charge in [0, 0.05) is 42.7 Å². The maximum atomic E-state index is 13.5. The molecule has 0 unspecified atom stereocenters. The number of imide groups is 1. The fourth-order valence-electron chi connectivity index (χ4n) is 3.48. The minimum absolute atomic E-state index is 0.0748. The summed E-state index contributed by atoms with van der Waals surface area (Å²) in [7, 11) is 1.84. The van der Waals surface area contributed by atoms with E-state index in [9.17, 15) is 18.4 Å². The summed E-state index contributed by atoms with van der Waals surface area (Å²) < 4.78 is 28.8.